The van der Waals surface area contributed by atoms with Crippen molar-refractivity contribution < 1.29 is 19.1 Å². The number of hydrogen-bond acceptors (Lipinski definition) is 6. The summed E-state index contributed by atoms with van der Waals surface area (Å²) in [5.74, 6) is 0.316. The van der Waals surface area contributed by atoms with Crippen molar-refractivity contribution in [1.29, 1.82) is 0 Å². The highest BCUT2D eigenvalue weighted by Crippen LogP contribution is 2.46. The standard InChI is InChI=1S/C30H36N2O4/c1-18(2)17-36-30(34)27-19(3)31-25-15-22(20-9-13-24(35-6)14-10-20)16-26(33)29(25)28(27)21-7-11-23(12-8-21)32(4)5/h7-14,18,22,28,31H,15-17H2,1-6H3/t22-,28+/m1/s1. The molecule has 1 aliphatic carbocycles. The predicted molar refractivity (Wildman–Crippen MR) is 142 cm³/mol. The molecule has 2 aromatic rings. The second-order valence-corrected chi connectivity index (χ2v) is 10.3. The first-order valence-corrected chi connectivity index (χ1v) is 12.5. The third kappa shape index (κ3) is 5.18. The Labute approximate surface area is 214 Å². The highest BCUT2D eigenvalue weighted by Gasteiger charge is 2.41. The molecule has 1 heterocycles. The minimum atomic E-state index is -0.457. The minimum Gasteiger partial charge on any atom is -0.497 e. The van der Waals surface area contributed by atoms with Gasteiger partial charge in [-0.3, -0.25) is 4.79 Å². The Morgan fingerprint density at radius 2 is 1.67 bits per heavy atom. The molecule has 0 fully saturated rings. The molecule has 4 rings (SSSR count). The fourth-order valence-electron chi connectivity index (χ4n) is 5.04. The van der Waals surface area contributed by atoms with Gasteiger partial charge in [0.15, 0.2) is 5.78 Å². The molecule has 2 atom stereocenters. The zero-order chi connectivity index (χ0) is 26.0. The van der Waals surface area contributed by atoms with Gasteiger partial charge in [0, 0.05) is 49.1 Å². The summed E-state index contributed by atoms with van der Waals surface area (Å²) in [6.07, 6.45) is 1.10. The van der Waals surface area contributed by atoms with Gasteiger partial charge in [-0.15, -0.1) is 0 Å². The normalized spacial score (nSPS) is 19.7. The first kappa shape index (κ1) is 25.5. The molecule has 6 nitrogen and oxygen atoms in total. The Balaban J connectivity index is 1.74. The van der Waals surface area contributed by atoms with E-state index in [1.807, 2.05) is 88.3 Å². The summed E-state index contributed by atoms with van der Waals surface area (Å²) in [4.78, 5) is 29.1. The maximum Gasteiger partial charge on any atom is 0.336 e. The maximum atomic E-state index is 13.7. The summed E-state index contributed by atoms with van der Waals surface area (Å²) in [5, 5.41) is 3.42. The minimum absolute atomic E-state index is 0.0629. The number of Topliss-reactive ketones (excluding diaryl/α,β-unsaturated/α-hetero) is 1. The van der Waals surface area contributed by atoms with Crippen molar-refractivity contribution in [1.82, 2.24) is 5.32 Å². The first-order valence-electron chi connectivity index (χ1n) is 12.5. The number of dihydropyridines is 1. The van der Waals surface area contributed by atoms with Crippen LogP contribution in [0.1, 0.15) is 56.6 Å². The molecule has 190 valence electrons. The number of carbonyl (C=O) groups is 2. The van der Waals surface area contributed by atoms with E-state index in [1.54, 1.807) is 7.11 Å². The van der Waals surface area contributed by atoms with Crippen molar-refractivity contribution in [3.8, 4) is 5.75 Å². The number of esters is 1. The van der Waals surface area contributed by atoms with E-state index in [1.165, 1.54) is 0 Å². The number of anilines is 1. The Morgan fingerprint density at radius 3 is 2.25 bits per heavy atom. The number of hydrogen-bond donors (Lipinski definition) is 1. The SMILES string of the molecule is COc1ccc([C@H]2CC(=O)C3=C(C2)NC(C)=C(C(=O)OCC(C)C)[C@@H]3c2ccc(N(C)C)cc2)cc1. The van der Waals surface area contributed by atoms with Crippen LogP contribution >= 0.6 is 0 Å². The van der Waals surface area contributed by atoms with Crippen molar-refractivity contribution in [3.63, 3.8) is 0 Å². The molecule has 2 aliphatic rings. The van der Waals surface area contributed by atoms with E-state index in [4.69, 9.17) is 9.47 Å². The highest BCUT2D eigenvalue weighted by molar-refractivity contribution is 6.04. The zero-order valence-electron chi connectivity index (χ0n) is 22.1. The second kappa shape index (κ2) is 10.6. The van der Waals surface area contributed by atoms with E-state index < -0.39 is 5.92 Å². The molecule has 0 radical (unpaired) electrons. The third-order valence-corrected chi connectivity index (χ3v) is 6.93. The summed E-state index contributed by atoms with van der Waals surface area (Å²) < 4.78 is 11.0. The van der Waals surface area contributed by atoms with Gasteiger partial charge in [0.2, 0.25) is 0 Å². The van der Waals surface area contributed by atoms with Crippen molar-refractivity contribution in [2.24, 2.45) is 5.92 Å². The third-order valence-electron chi connectivity index (χ3n) is 6.93. The molecule has 0 bridgehead atoms. The van der Waals surface area contributed by atoms with Crippen LogP contribution in [0.25, 0.3) is 0 Å². The fraction of sp³-hybridized carbons (Fsp3) is 0.400. The number of benzene rings is 2. The first-order chi connectivity index (χ1) is 17.2. The van der Waals surface area contributed by atoms with Crippen molar-refractivity contribution >= 4 is 17.4 Å². The Bertz CT molecular complexity index is 1190. The molecular weight excluding hydrogens is 452 g/mol. The molecule has 0 amide bonds. The maximum absolute atomic E-state index is 13.7. The van der Waals surface area contributed by atoms with Crippen LogP contribution in [0, 0.1) is 5.92 Å². The van der Waals surface area contributed by atoms with Gasteiger partial charge in [-0.1, -0.05) is 38.1 Å². The van der Waals surface area contributed by atoms with Crippen LogP contribution in [0.5, 0.6) is 5.75 Å². The van der Waals surface area contributed by atoms with Crippen molar-refractivity contribution in [2.75, 3.05) is 32.7 Å². The second-order valence-electron chi connectivity index (χ2n) is 10.3. The summed E-state index contributed by atoms with van der Waals surface area (Å²) in [5.41, 5.74) is 5.91. The van der Waals surface area contributed by atoms with E-state index in [0.717, 1.165) is 34.0 Å². The summed E-state index contributed by atoms with van der Waals surface area (Å²) in [7, 11) is 5.62. The van der Waals surface area contributed by atoms with E-state index in [2.05, 4.69) is 5.32 Å². The number of ketones is 1. The molecule has 2 aromatic carbocycles. The molecule has 0 unspecified atom stereocenters. The molecule has 0 spiro atoms. The van der Waals surface area contributed by atoms with Crippen molar-refractivity contribution in [3.05, 3.63) is 82.2 Å². The van der Waals surface area contributed by atoms with E-state index in [9.17, 15) is 9.59 Å². The number of nitrogens with one attached hydrogen (secondary N) is 1. The van der Waals surface area contributed by atoms with Crippen LogP contribution in [0.15, 0.2) is 71.1 Å². The number of carbonyl (C=O) groups excluding carboxylic acids is 2. The topological polar surface area (TPSA) is 67.9 Å². The average Bonchev–Trinajstić information content (AvgIpc) is 2.86. The number of allylic oxidation sites excluding steroid dienone is 3. The molecule has 0 saturated heterocycles. The van der Waals surface area contributed by atoms with E-state index in [-0.39, 0.29) is 23.6 Å². The fourth-order valence-corrected chi connectivity index (χ4v) is 5.04. The van der Waals surface area contributed by atoms with Gasteiger partial charge in [-0.05, 0) is 60.6 Å². The van der Waals surface area contributed by atoms with Gasteiger partial charge < -0.3 is 19.7 Å². The number of nitrogens with zero attached hydrogens (tertiary/aromatic N) is 1. The predicted octanol–water partition coefficient (Wildman–Crippen LogP) is 5.32. The molecular formula is C30H36N2O4. The van der Waals surface area contributed by atoms with Gasteiger partial charge in [-0.2, -0.15) is 0 Å². The molecule has 0 aromatic heterocycles. The van der Waals surface area contributed by atoms with Crippen molar-refractivity contribution in [2.45, 2.75) is 45.4 Å². The Hall–Kier alpha value is -3.54. The van der Waals surface area contributed by atoms with Gasteiger partial charge in [0.05, 0.1) is 19.3 Å². The number of rotatable bonds is 7. The zero-order valence-corrected chi connectivity index (χ0v) is 22.1. The average molecular weight is 489 g/mol. The molecule has 36 heavy (non-hydrogen) atoms. The smallest absolute Gasteiger partial charge is 0.336 e. The van der Waals surface area contributed by atoms with Gasteiger partial charge >= 0.3 is 5.97 Å². The molecule has 1 aliphatic heterocycles. The van der Waals surface area contributed by atoms with Crippen LogP contribution in [0.4, 0.5) is 5.69 Å². The quantitative estimate of drug-likeness (QED) is 0.532. The molecule has 0 saturated carbocycles. The van der Waals surface area contributed by atoms with Crippen LogP contribution in [-0.4, -0.2) is 39.6 Å². The van der Waals surface area contributed by atoms with Crippen LogP contribution < -0.4 is 15.0 Å². The van der Waals surface area contributed by atoms with Crippen LogP contribution in [0.3, 0.4) is 0 Å². The number of methoxy groups -OCH3 is 1. The van der Waals surface area contributed by atoms with E-state index >= 15 is 0 Å². The van der Waals surface area contributed by atoms with Gasteiger partial charge in [-0.25, -0.2) is 4.79 Å². The monoisotopic (exact) mass is 488 g/mol. The summed E-state index contributed by atoms with van der Waals surface area (Å²) >= 11 is 0. The lowest BCUT2D eigenvalue weighted by Crippen LogP contribution is -2.36. The Morgan fingerprint density at radius 1 is 1.03 bits per heavy atom. The lowest BCUT2D eigenvalue weighted by Gasteiger charge is -2.37. The Kier molecular flexibility index (Phi) is 7.53. The van der Waals surface area contributed by atoms with E-state index in [0.29, 0.717) is 30.6 Å². The van der Waals surface area contributed by atoms with Gasteiger partial charge in [0.25, 0.3) is 0 Å². The van der Waals surface area contributed by atoms with Gasteiger partial charge in [0.1, 0.15) is 5.75 Å². The summed E-state index contributed by atoms with van der Waals surface area (Å²) in [6, 6.07) is 16.0. The lowest BCUT2D eigenvalue weighted by molar-refractivity contribution is -0.140. The number of ether oxygens (including phenoxy) is 2. The van der Waals surface area contributed by atoms with Crippen LogP contribution in [0.2, 0.25) is 0 Å². The summed E-state index contributed by atoms with van der Waals surface area (Å²) in [6.45, 7) is 6.26. The largest absolute Gasteiger partial charge is 0.497 e. The molecule has 1 N–H and O–H groups in total. The van der Waals surface area contributed by atoms with Crippen LogP contribution in [-0.2, 0) is 14.3 Å². The molecule has 6 heteroatoms. The lowest BCUT2D eigenvalue weighted by atomic mass is 9.71. The highest BCUT2D eigenvalue weighted by atomic mass is 16.5.